The van der Waals surface area contributed by atoms with E-state index in [1.54, 1.807) is 6.92 Å². The number of benzene rings is 2. The first kappa shape index (κ1) is 18.4. The molecule has 1 aromatic heterocycles. The van der Waals surface area contributed by atoms with Gasteiger partial charge in [-0.3, -0.25) is 9.36 Å². The van der Waals surface area contributed by atoms with Gasteiger partial charge in [0.1, 0.15) is 5.82 Å². The second kappa shape index (κ2) is 8.32. The Morgan fingerprint density at radius 3 is 2.33 bits per heavy atom. The largest absolute Gasteiger partial charge is 0.345 e. The number of para-hydroxylation sites is 1. The lowest BCUT2D eigenvalue weighted by atomic mass is 10.1. The summed E-state index contributed by atoms with van der Waals surface area (Å²) in [6.45, 7) is 9.57. The smallest absolute Gasteiger partial charge is 0.246 e. The Labute approximate surface area is 159 Å². The highest BCUT2D eigenvalue weighted by molar-refractivity contribution is 5.92. The average molecular weight is 357 g/mol. The summed E-state index contributed by atoms with van der Waals surface area (Å²) in [6, 6.07) is 20.2. The second-order valence-electron chi connectivity index (χ2n) is 6.32. The first-order chi connectivity index (χ1) is 13.1. The highest BCUT2D eigenvalue weighted by Gasteiger charge is 2.19. The fourth-order valence-corrected chi connectivity index (χ4v) is 2.97. The Bertz CT molecular complexity index is 956. The Hall–Kier alpha value is -3.40. The van der Waals surface area contributed by atoms with Gasteiger partial charge in [0.2, 0.25) is 5.91 Å². The molecule has 136 valence electrons. The van der Waals surface area contributed by atoms with Gasteiger partial charge in [0.15, 0.2) is 0 Å². The zero-order valence-electron chi connectivity index (χ0n) is 15.5. The van der Waals surface area contributed by atoms with E-state index in [0.29, 0.717) is 18.5 Å². The number of aromatic nitrogens is 2. The van der Waals surface area contributed by atoms with Crippen LogP contribution in [0.1, 0.15) is 18.4 Å². The fourth-order valence-electron chi connectivity index (χ4n) is 2.97. The van der Waals surface area contributed by atoms with Gasteiger partial charge in [-0.1, -0.05) is 61.2 Å². The lowest BCUT2D eigenvalue weighted by molar-refractivity contribution is -0.117. The highest BCUT2D eigenvalue weighted by Crippen LogP contribution is 2.29. The van der Waals surface area contributed by atoms with Crippen molar-refractivity contribution in [2.75, 3.05) is 0 Å². The van der Waals surface area contributed by atoms with Crippen molar-refractivity contribution in [1.82, 2.24) is 14.9 Å². The van der Waals surface area contributed by atoms with E-state index in [2.05, 4.69) is 35.2 Å². The maximum absolute atomic E-state index is 12.0. The molecular formula is C23H23N3O. The Morgan fingerprint density at radius 1 is 1.11 bits per heavy atom. The van der Waals surface area contributed by atoms with Gasteiger partial charge < -0.3 is 5.32 Å². The van der Waals surface area contributed by atoms with Crippen LogP contribution in [0.5, 0.6) is 0 Å². The summed E-state index contributed by atoms with van der Waals surface area (Å²) in [7, 11) is 0. The number of nitrogens with zero attached hydrogens (tertiary/aromatic N) is 2. The molecule has 0 aliphatic carbocycles. The van der Waals surface area contributed by atoms with Crippen LogP contribution in [0.4, 0.5) is 0 Å². The van der Waals surface area contributed by atoms with Crippen molar-refractivity contribution in [2.24, 2.45) is 0 Å². The molecule has 1 amide bonds. The molecule has 3 aromatic rings. The van der Waals surface area contributed by atoms with Crippen LogP contribution in [0.3, 0.4) is 0 Å². The number of rotatable bonds is 7. The number of carbonyl (C=O) groups is 1. The maximum atomic E-state index is 12.0. The number of amides is 1. The van der Waals surface area contributed by atoms with E-state index in [1.165, 1.54) is 0 Å². The zero-order valence-corrected chi connectivity index (χ0v) is 15.5. The summed E-state index contributed by atoms with van der Waals surface area (Å²) in [5.41, 5.74) is 4.49. The number of allylic oxidation sites excluding steroid dienone is 1. The molecule has 0 unspecified atom stereocenters. The summed E-state index contributed by atoms with van der Waals surface area (Å²) < 4.78 is 2.10. The summed E-state index contributed by atoms with van der Waals surface area (Å²) in [5, 5.41) is 2.90. The second-order valence-corrected chi connectivity index (χ2v) is 6.32. The van der Waals surface area contributed by atoms with Crippen molar-refractivity contribution in [3.8, 4) is 16.9 Å². The molecule has 0 aliphatic heterocycles. The summed E-state index contributed by atoms with van der Waals surface area (Å²) in [4.78, 5) is 16.8. The molecule has 0 spiro atoms. The van der Waals surface area contributed by atoms with E-state index in [4.69, 9.17) is 4.98 Å². The lowest BCUT2D eigenvalue weighted by Gasteiger charge is -2.13. The normalized spacial score (nSPS) is 10.4. The van der Waals surface area contributed by atoms with E-state index < -0.39 is 0 Å². The SMILES string of the molecule is C=CCc1nc(CNC(=O)C(=C)C)n(-c2ccccc2)c1-c1ccccc1. The van der Waals surface area contributed by atoms with Crippen LogP contribution >= 0.6 is 0 Å². The van der Waals surface area contributed by atoms with E-state index in [1.807, 2.05) is 54.6 Å². The molecule has 3 rings (SSSR count). The molecule has 0 atom stereocenters. The molecule has 1 heterocycles. The Morgan fingerprint density at radius 2 is 1.74 bits per heavy atom. The predicted molar refractivity (Wildman–Crippen MR) is 110 cm³/mol. The van der Waals surface area contributed by atoms with Gasteiger partial charge in [-0.15, -0.1) is 6.58 Å². The fraction of sp³-hybridized carbons (Fsp3) is 0.130. The van der Waals surface area contributed by atoms with Crippen LogP contribution in [-0.2, 0) is 17.8 Å². The van der Waals surface area contributed by atoms with E-state index in [0.717, 1.165) is 28.5 Å². The van der Waals surface area contributed by atoms with Gasteiger partial charge in [-0.05, 0) is 19.1 Å². The molecule has 4 heteroatoms. The molecule has 0 saturated heterocycles. The van der Waals surface area contributed by atoms with Gasteiger partial charge in [0.05, 0.1) is 17.9 Å². The van der Waals surface area contributed by atoms with E-state index in [-0.39, 0.29) is 5.91 Å². The van der Waals surface area contributed by atoms with Crippen molar-refractivity contribution in [1.29, 1.82) is 0 Å². The van der Waals surface area contributed by atoms with Crippen molar-refractivity contribution in [3.63, 3.8) is 0 Å². The number of hydrogen-bond acceptors (Lipinski definition) is 2. The number of carbonyl (C=O) groups excluding carboxylic acids is 1. The van der Waals surface area contributed by atoms with Crippen molar-refractivity contribution < 1.29 is 4.79 Å². The molecule has 0 bridgehead atoms. The summed E-state index contributed by atoms with van der Waals surface area (Å²) >= 11 is 0. The number of nitrogens with one attached hydrogen (secondary N) is 1. The number of hydrogen-bond donors (Lipinski definition) is 1. The third-order valence-electron chi connectivity index (χ3n) is 4.21. The minimum Gasteiger partial charge on any atom is -0.345 e. The molecule has 0 aliphatic rings. The minimum atomic E-state index is -0.177. The van der Waals surface area contributed by atoms with Crippen LogP contribution in [-0.4, -0.2) is 15.5 Å². The first-order valence-corrected chi connectivity index (χ1v) is 8.87. The van der Waals surface area contributed by atoms with Crippen molar-refractivity contribution in [2.45, 2.75) is 19.9 Å². The molecular weight excluding hydrogens is 334 g/mol. The van der Waals surface area contributed by atoms with Gasteiger partial charge in [-0.2, -0.15) is 0 Å². The van der Waals surface area contributed by atoms with Crippen LogP contribution < -0.4 is 5.32 Å². The Balaban J connectivity index is 2.16. The van der Waals surface area contributed by atoms with Crippen LogP contribution in [0.2, 0.25) is 0 Å². The molecule has 0 fully saturated rings. The third-order valence-corrected chi connectivity index (χ3v) is 4.21. The molecule has 2 aromatic carbocycles. The molecule has 0 radical (unpaired) electrons. The van der Waals surface area contributed by atoms with Crippen LogP contribution in [0.15, 0.2) is 85.5 Å². The zero-order chi connectivity index (χ0) is 19.2. The van der Waals surface area contributed by atoms with Crippen molar-refractivity contribution >= 4 is 5.91 Å². The first-order valence-electron chi connectivity index (χ1n) is 8.87. The minimum absolute atomic E-state index is 0.177. The van der Waals surface area contributed by atoms with E-state index >= 15 is 0 Å². The van der Waals surface area contributed by atoms with Crippen LogP contribution in [0, 0.1) is 0 Å². The summed E-state index contributed by atoms with van der Waals surface area (Å²) in [6.07, 6.45) is 2.49. The molecule has 4 nitrogen and oxygen atoms in total. The molecule has 27 heavy (non-hydrogen) atoms. The average Bonchev–Trinajstić information content (AvgIpc) is 3.05. The third kappa shape index (κ3) is 4.06. The highest BCUT2D eigenvalue weighted by atomic mass is 16.1. The quantitative estimate of drug-likeness (QED) is 0.501. The topological polar surface area (TPSA) is 46.9 Å². The monoisotopic (exact) mass is 357 g/mol. The lowest BCUT2D eigenvalue weighted by Crippen LogP contribution is -2.24. The molecule has 0 saturated carbocycles. The predicted octanol–water partition coefficient (Wildman–Crippen LogP) is 4.46. The van der Waals surface area contributed by atoms with Gasteiger partial charge in [0, 0.05) is 23.2 Å². The van der Waals surface area contributed by atoms with Crippen molar-refractivity contribution in [3.05, 3.63) is 97.0 Å². The van der Waals surface area contributed by atoms with Crippen LogP contribution in [0.25, 0.3) is 16.9 Å². The standard InChI is InChI=1S/C23H23N3O/c1-4-11-20-22(18-12-7-5-8-13-18)26(19-14-9-6-10-15-19)21(25-20)16-24-23(27)17(2)3/h4-10,12-15H,1-2,11,16H2,3H3,(H,24,27). The van der Waals surface area contributed by atoms with Gasteiger partial charge >= 0.3 is 0 Å². The molecule has 1 N–H and O–H groups in total. The van der Waals surface area contributed by atoms with Gasteiger partial charge in [-0.25, -0.2) is 4.98 Å². The Kier molecular flexibility index (Phi) is 5.67. The summed E-state index contributed by atoms with van der Waals surface area (Å²) in [5.74, 6) is 0.593. The van der Waals surface area contributed by atoms with E-state index in [9.17, 15) is 4.79 Å². The van der Waals surface area contributed by atoms with Gasteiger partial charge in [0.25, 0.3) is 0 Å². The maximum Gasteiger partial charge on any atom is 0.246 e. The number of imidazole rings is 1.